The SMILES string of the molecule is Cc1ccc(-c2ccc(/C=N/NC(N)=S)o2)c([N+](=O)[O-])c1. The molecule has 21 heavy (non-hydrogen) atoms. The van der Waals surface area contributed by atoms with Crippen LogP contribution in [0.3, 0.4) is 0 Å². The van der Waals surface area contributed by atoms with Gasteiger partial charge in [-0.25, -0.2) is 0 Å². The van der Waals surface area contributed by atoms with Gasteiger partial charge in [-0.3, -0.25) is 15.5 Å². The van der Waals surface area contributed by atoms with Gasteiger partial charge in [-0.15, -0.1) is 0 Å². The van der Waals surface area contributed by atoms with Crippen molar-refractivity contribution in [2.45, 2.75) is 6.92 Å². The fraction of sp³-hybridized carbons (Fsp3) is 0.0769. The van der Waals surface area contributed by atoms with Gasteiger partial charge in [0.05, 0.1) is 16.7 Å². The van der Waals surface area contributed by atoms with Crippen LogP contribution < -0.4 is 11.2 Å². The Morgan fingerprint density at radius 2 is 2.24 bits per heavy atom. The quantitative estimate of drug-likeness (QED) is 0.388. The van der Waals surface area contributed by atoms with Crippen molar-refractivity contribution in [1.29, 1.82) is 0 Å². The number of hydrogen-bond donors (Lipinski definition) is 2. The molecule has 0 amide bonds. The molecule has 0 spiro atoms. The number of hydrazone groups is 1. The lowest BCUT2D eigenvalue weighted by Gasteiger charge is -2.01. The average Bonchev–Trinajstić information content (AvgIpc) is 2.86. The molecule has 0 saturated heterocycles. The molecule has 0 bridgehead atoms. The molecule has 0 aliphatic rings. The molecule has 1 aromatic carbocycles. The van der Waals surface area contributed by atoms with Gasteiger partial charge in [-0.2, -0.15) is 5.10 Å². The summed E-state index contributed by atoms with van der Waals surface area (Å²) >= 11 is 4.60. The lowest BCUT2D eigenvalue weighted by Crippen LogP contribution is -2.23. The van der Waals surface area contributed by atoms with E-state index in [1.54, 1.807) is 31.2 Å². The van der Waals surface area contributed by atoms with Gasteiger partial charge < -0.3 is 10.2 Å². The number of aryl methyl sites for hydroxylation is 1. The number of furan rings is 1. The number of nitrogens with two attached hydrogens (primary N) is 1. The second kappa shape index (κ2) is 6.14. The molecular formula is C13H12N4O3S. The highest BCUT2D eigenvalue weighted by Crippen LogP contribution is 2.31. The number of rotatable bonds is 4. The molecule has 2 rings (SSSR count). The maximum atomic E-state index is 11.1. The third kappa shape index (κ3) is 3.63. The fourth-order valence-electron chi connectivity index (χ4n) is 1.73. The first-order valence-electron chi connectivity index (χ1n) is 5.91. The molecule has 108 valence electrons. The molecule has 2 aromatic rings. The van der Waals surface area contributed by atoms with Crippen LogP contribution >= 0.6 is 12.2 Å². The van der Waals surface area contributed by atoms with Crippen LogP contribution in [0.15, 0.2) is 39.9 Å². The summed E-state index contributed by atoms with van der Waals surface area (Å²) in [6.45, 7) is 1.79. The first kappa shape index (κ1) is 14.7. The van der Waals surface area contributed by atoms with E-state index in [1.807, 2.05) is 0 Å². The van der Waals surface area contributed by atoms with E-state index in [9.17, 15) is 10.1 Å². The molecule has 0 unspecified atom stereocenters. The van der Waals surface area contributed by atoms with E-state index in [2.05, 4.69) is 22.7 Å². The van der Waals surface area contributed by atoms with Crippen LogP contribution in [-0.2, 0) is 0 Å². The highest BCUT2D eigenvalue weighted by molar-refractivity contribution is 7.80. The maximum Gasteiger partial charge on any atom is 0.280 e. The lowest BCUT2D eigenvalue weighted by molar-refractivity contribution is -0.384. The Hall–Kier alpha value is -2.74. The zero-order valence-electron chi connectivity index (χ0n) is 11.1. The Bertz CT molecular complexity index is 724. The second-order valence-corrected chi connectivity index (χ2v) is 4.65. The van der Waals surface area contributed by atoms with Gasteiger partial charge >= 0.3 is 0 Å². The predicted octanol–water partition coefficient (Wildman–Crippen LogP) is 2.33. The maximum absolute atomic E-state index is 11.1. The largest absolute Gasteiger partial charge is 0.455 e. The highest BCUT2D eigenvalue weighted by atomic mass is 32.1. The van der Waals surface area contributed by atoms with E-state index in [-0.39, 0.29) is 10.8 Å². The third-order valence-electron chi connectivity index (χ3n) is 2.61. The molecule has 3 N–H and O–H groups in total. The summed E-state index contributed by atoms with van der Waals surface area (Å²) in [5, 5.41) is 14.9. The van der Waals surface area contributed by atoms with Gasteiger partial charge in [0.25, 0.3) is 5.69 Å². The molecule has 8 heteroatoms. The number of hydrogen-bond acceptors (Lipinski definition) is 5. The Morgan fingerprint density at radius 3 is 2.90 bits per heavy atom. The van der Waals surface area contributed by atoms with E-state index in [4.69, 9.17) is 10.2 Å². The molecule has 1 aromatic heterocycles. The van der Waals surface area contributed by atoms with Crippen LogP contribution in [0.4, 0.5) is 5.69 Å². The molecular weight excluding hydrogens is 292 g/mol. The number of benzene rings is 1. The zero-order valence-corrected chi connectivity index (χ0v) is 11.9. The summed E-state index contributed by atoms with van der Waals surface area (Å²) in [4.78, 5) is 10.7. The summed E-state index contributed by atoms with van der Waals surface area (Å²) < 4.78 is 5.50. The topological polar surface area (TPSA) is 107 Å². The molecule has 0 fully saturated rings. The van der Waals surface area contributed by atoms with Crippen LogP contribution in [0.5, 0.6) is 0 Å². The number of nitro benzene ring substituents is 1. The molecule has 0 aliphatic heterocycles. The summed E-state index contributed by atoms with van der Waals surface area (Å²) in [6.07, 6.45) is 1.38. The second-order valence-electron chi connectivity index (χ2n) is 4.21. The van der Waals surface area contributed by atoms with Crippen LogP contribution in [0.1, 0.15) is 11.3 Å². The van der Waals surface area contributed by atoms with Crippen molar-refractivity contribution in [3.8, 4) is 11.3 Å². The minimum absolute atomic E-state index is 0.00546. The van der Waals surface area contributed by atoms with Crippen molar-refractivity contribution in [3.63, 3.8) is 0 Å². The Balaban J connectivity index is 2.31. The van der Waals surface area contributed by atoms with Gasteiger partial charge in [0.1, 0.15) is 11.5 Å². The van der Waals surface area contributed by atoms with Gasteiger partial charge in [0.2, 0.25) is 0 Å². The van der Waals surface area contributed by atoms with E-state index < -0.39 is 4.92 Å². The zero-order chi connectivity index (χ0) is 15.4. The molecule has 0 saturated carbocycles. The van der Waals surface area contributed by atoms with Gasteiger partial charge in [0.15, 0.2) is 5.11 Å². The van der Waals surface area contributed by atoms with Crippen LogP contribution in [0.25, 0.3) is 11.3 Å². The average molecular weight is 304 g/mol. The Morgan fingerprint density at radius 1 is 1.48 bits per heavy atom. The summed E-state index contributed by atoms with van der Waals surface area (Å²) in [6, 6.07) is 8.22. The van der Waals surface area contributed by atoms with E-state index >= 15 is 0 Å². The Kier molecular flexibility index (Phi) is 4.29. The summed E-state index contributed by atoms with van der Waals surface area (Å²) in [5.41, 5.74) is 8.82. The van der Waals surface area contributed by atoms with Crippen molar-refractivity contribution >= 4 is 29.2 Å². The first-order chi connectivity index (χ1) is 9.97. The van der Waals surface area contributed by atoms with Crippen molar-refractivity contribution in [2.24, 2.45) is 10.8 Å². The van der Waals surface area contributed by atoms with E-state index in [0.717, 1.165) is 5.56 Å². The van der Waals surface area contributed by atoms with E-state index in [0.29, 0.717) is 17.1 Å². The van der Waals surface area contributed by atoms with Gasteiger partial charge in [0, 0.05) is 6.07 Å². The normalized spacial score (nSPS) is 10.7. The number of nitrogens with zero attached hydrogens (tertiary/aromatic N) is 2. The molecule has 0 aliphatic carbocycles. The number of thiocarbonyl (C=S) groups is 1. The van der Waals surface area contributed by atoms with Crippen LogP contribution in [0, 0.1) is 17.0 Å². The number of nitro groups is 1. The highest BCUT2D eigenvalue weighted by Gasteiger charge is 2.17. The van der Waals surface area contributed by atoms with Crippen LogP contribution in [-0.4, -0.2) is 16.3 Å². The minimum Gasteiger partial charge on any atom is -0.455 e. The summed E-state index contributed by atoms with van der Waals surface area (Å²) in [7, 11) is 0. The predicted molar refractivity (Wildman–Crippen MR) is 83.1 cm³/mol. The van der Waals surface area contributed by atoms with Crippen molar-refractivity contribution < 1.29 is 9.34 Å². The van der Waals surface area contributed by atoms with Crippen LogP contribution in [0.2, 0.25) is 0 Å². The summed E-state index contributed by atoms with van der Waals surface area (Å²) in [5.74, 6) is 0.807. The van der Waals surface area contributed by atoms with Gasteiger partial charge in [-0.05, 0) is 42.9 Å². The minimum atomic E-state index is -0.437. The Labute approximate surface area is 125 Å². The monoisotopic (exact) mass is 304 g/mol. The third-order valence-corrected chi connectivity index (χ3v) is 2.70. The van der Waals surface area contributed by atoms with E-state index in [1.165, 1.54) is 12.3 Å². The van der Waals surface area contributed by atoms with Crippen molar-refractivity contribution in [2.75, 3.05) is 0 Å². The molecule has 0 atom stereocenters. The van der Waals surface area contributed by atoms with Crippen molar-refractivity contribution in [1.82, 2.24) is 5.43 Å². The molecule has 0 radical (unpaired) electrons. The first-order valence-corrected chi connectivity index (χ1v) is 6.32. The van der Waals surface area contributed by atoms with Crippen molar-refractivity contribution in [3.05, 3.63) is 51.8 Å². The molecule has 1 heterocycles. The molecule has 7 nitrogen and oxygen atoms in total. The number of nitrogens with one attached hydrogen (secondary N) is 1. The fourth-order valence-corrected chi connectivity index (χ4v) is 1.78. The lowest BCUT2D eigenvalue weighted by atomic mass is 10.1. The standard InChI is InChI=1S/C13H12N4O3S/c1-8-2-4-10(11(6-8)17(18)19)12-5-3-9(20-12)7-15-16-13(14)21/h2-7H,1H3,(H3,14,16,21)/b15-7+. The van der Waals surface area contributed by atoms with Gasteiger partial charge in [-0.1, -0.05) is 6.07 Å². The smallest absolute Gasteiger partial charge is 0.280 e.